The Morgan fingerprint density at radius 2 is 2.13 bits per heavy atom. The molecule has 1 N–H and O–H groups in total. The summed E-state index contributed by atoms with van der Waals surface area (Å²) in [7, 11) is 3.01. The molecule has 23 heavy (non-hydrogen) atoms. The molecule has 0 saturated carbocycles. The van der Waals surface area contributed by atoms with Gasteiger partial charge in [0.2, 0.25) is 0 Å². The molecule has 0 aliphatic carbocycles. The highest BCUT2D eigenvalue weighted by Crippen LogP contribution is 2.31. The molecule has 0 spiro atoms. The molecule has 2 rings (SSSR count). The molecule has 4 nitrogen and oxygen atoms in total. The van der Waals surface area contributed by atoms with Crippen molar-refractivity contribution < 1.29 is 17.9 Å². The SMILES string of the molecule is COc1ccc(CN[C@@H]2CC[C@H](C(F)(F)F)N(C)C2)cc1C#N. The van der Waals surface area contributed by atoms with E-state index in [4.69, 9.17) is 10.00 Å². The van der Waals surface area contributed by atoms with E-state index in [9.17, 15) is 13.2 Å². The quantitative estimate of drug-likeness (QED) is 0.924. The van der Waals surface area contributed by atoms with Gasteiger partial charge in [-0.25, -0.2) is 0 Å². The molecule has 0 bridgehead atoms. The third kappa shape index (κ3) is 4.36. The Labute approximate surface area is 133 Å². The second-order valence-electron chi connectivity index (χ2n) is 5.80. The van der Waals surface area contributed by atoms with Crippen LogP contribution in [0.4, 0.5) is 13.2 Å². The molecule has 0 aromatic heterocycles. The maximum Gasteiger partial charge on any atom is 0.404 e. The van der Waals surface area contributed by atoms with Crippen LogP contribution in [0.3, 0.4) is 0 Å². The number of hydrogen-bond donors (Lipinski definition) is 1. The van der Waals surface area contributed by atoms with E-state index in [1.54, 1.807) is 12.1 Å². The molecule has 2 atom stereocenters. The Morgan fingerprint density at radius 3 is 2.70 bits per heavy atom. The molecule has 126 valence electrons. The van der Waals surface area contributed by atoms with E-state index in [-0.39, 0.29) is 12.5 Å². The first-order valence-electron chi connectivity index (χ1n) is 7.42. The number of nitriles is 1. The minimum Gasteiger partial charge on any atom is -0.495 e. The van der Waals surface area contributed by atoms with Crippen molar-refractivity contribution in [3.63, 3.8) is 0 Å². The highest BCUT2D eigenvalue weighted by molar-refractivity contribution is 5.45. The van der Waals surface area contributed by atoms with E-state index in [1.807, 2.05) is 6.07 Å². The van der Waals surface area contributed by atoms with E-state index in [0.29, 0.717) is 30.8 Å². The van der Waals surface area contributed by atoms with E-state index in [2.05, 4.69) is 11.4 Å². The van der Waals surface area contributed by atoms with Gasteiger partial charge >= 0.3 is 6.18 Å². The summed E-state index contributed by atoms with van der Waals surface area (Å²) in [5.74, 6) is 0.515. The number of benzene rings is 1. The van der Waals surface area contributed by atoms with Gasteiger partial charge < -0.3 is 10.1 Å². The van der Waals surface area contributed by atoms with Crippen molar-refractivity contribution in [1.29, 1.82) is 5.26 Å². The van der Waals surface area contributed by atoms with Crippen molar-refractivity contribution in [2.75, 3.05) is 20.7 Å². The first kappa shape index (κ1) is 17.6. The molecule has 7 heteroatoms. The number of rotatable bonds is 4. The standard InChI is InChI=1S/C16H20F3N3O/c1-22-10-13(4-6-15(22)16(17,18)19)21-9-11-3-5-14(23-2)12(7-11)8-20/h3,5,7,13,15,21H,4,6,9-10H2,1-2H3/t13-,15-/m1/s1. The van der Waals surface area contributed by atoms with Gasteiger partial charge in [-0.15, -0.1) is 0 Å². The number of nitrogens with zero attached hydrogens (tertiary/aromatic N) is 2. The average Bonchev–Trinajstić information content (AvgIpc) is 2.51. The van der Waals surface area contributed by atoms with Crippen molar-refractivity contribution in [1.82, 2.24) is 10.2 Å². The fourth-order valence-corrected chi connectivity index (χ4v) is 2.94. The van der Waals surface area contributed by atoms with Gasteiger partial charge in [-0.3, -0.25) is 4.90 Å². The second-order valence-corrected chi connectivity index (χ2v) is 5.80. The zero-order valence-corrected chi connectivity index (χ0v) is 13.2. The Kier molecular flexibility index (Phi) is 5.50. The van der Waals surface area contributed by atoms with E-state index in [0.717, 1.165) is 5.56 Å². The summed E-state index contributed by atoms with van der Waals surface area (Å²) < 4.78 is 43.5. The van der Waals surface area contributed by atoms with Crippen LogP contribution in [0.15, 0.2) is 18.2 Å². The molecule has 0 unspecified atom stereocenters. The van der Waals surface area contributed by atoms with Crippen molar-refractivity contribution in [2.24, 2.45) is 0 Å². The van der Waals surface area contributed by atoms with Gasteiger partial charge in [0.05, 0.1) is 12.7 Å². The molecule has 1 aliphatic rings. The van der Waals surface area contributed by atoms with Crippen molar-refractivity contribution in [3.05, 3.63) is 29.3 Å². The van der Waals surface area contributed by atoms with Crippen LogP contribution in [0, 0.1) is 11.3 Å². The predicted octanol–water partition coefficient (Wildman–Crippen LogP) is 2.68. The zero-order chi connectivity index (χ0) is 17.0. The van der Waals surface area contributed by atoms with Crippen molar-refractivity contribution >= 4 is 0 Å². The Morgan fingerprint density at radius 1 is 1.39 bits per heavy atom. The van der Waals surface area contributed by atoms with Crippen LogP contribution in [0.1, 0.15) is 24.0 Å². The number of hydrogen-bond acceptors (Lipinski definition) is 4. The molecule has 1 saturated heterocycles. The largest absolute Gasteiger partial charge is 0.495 e. The number of nitrogens with one attached hydrogen (secondary N) is 1. The third-order valence-electron chi connectivity index (χ3n) is 4.19. The molecular weight excluding hydrogens is 307 g/mol. The van der Waals surface area contributed by atoms with E-state index in [1.165, 1.54) is 19.1 Å². The summed E-state index contributed by atoms with van der Waals surface area (Å²) in [5, 5.41) is 12.3. The monoisotopic (exact) mass is 327 g/mol. The van der Waals surface area contributed by atoms with Crippen LogP contribution in [0.25, 0.3) is 0 Å². The van der Waals surface area contributed by atoms with E-state index >= 15 is 0 Å². The molecule has 0 amide bonds. The molecule has 1 aromatic rings. The Hall–Kier alpha value is -1.78. The normalized spacial score (nSPS) is 22.6. The number of halogens is 3. The maximum absolute atomic E-state index is 12.8. The highest BCUT2D eigenvalue weighted by Gasteiger charge is 2.44. The molecule has 1 heterocycles. The summed E-state index contributed by atoms with van der Waals surface area (Å²) in [6, 6.07) is 6.02. The van der Waals surface area contributed by atoms with Gasteiger partial charge in [0.25, 0.3) is 0 Å². The lowest BCUT2D eigenvalue weighted by atomic mass is 9.98. The van der Waals surface area contributed by atoms with Crippen LogP contribution in [-0.2, 0) is 6.54 Å². The number of ether oxygens (including phenoxy) is 1. The average molecular weight is 327 g/mol. The highest BCUT2D eigenvalue weighted by atomic mass is 19.4. The van der Waals surface area contributed by atoms with Gasteiger partial charge in [-0.05, 0) is 37.6 Å². The first-order chi connectivity index (χ1) is 10.8. The first-order valence-corrected chi connectivity index (χ1v) is 7.42. The molecule has 1 aliphatic heterocycles. The number of piperidine rings is 1. The van der Waals surface area contributed by atoms with Crippen LogP contribution < -0.4 is 10.1 Å². The van der Waals surface area contributed by atoms with Gasteiger partial charge in [-0.2, -0.15) is 18.4 Å². The molecule has 1 fully saturated rings. The maximum atomic E-state index is 12.8. The lowest BCUT2D eigenvalue weighted by Crippen LogP contribution is -2.53. The Bertz CT molecular complexity index is 583. The van der Waals surface area contributed by atoms with Gasteiger partial charge in [-0.1, -0.05) is 6.07 Å². The predicted molar refractivity (Wildman–Crippen MR) is 80.0 cm³/mol. The smallest absolute Gasteiger partial charge is 0.404 e. The van der Waals surface area contributed by atoms with Crippen LogP contribution in [0.2, 0.25) is 0 Å². The van der Waals surface area contributed by atoms with Crippen LogP contribution in [0.5, 0.6) is 5.75 Å². The second kappa shape index (κ2) is 7.20. The summed E-state index contributed by atoms with van der Waals surface area (Å²) >= 11 is 0. The van der Waals surface area contributed by atoms with Crippen LogP contribution >= 0.6 is 0 Å². The minimum absolute atomic E-state index is 0.00578. The molecular formula is C16H20F3N3O. The number of likely N-dealkylation sites (N-methyl/N-ethyl adjacent to an activating group) is 1. The van der Waals surface area contributed by atoms with Gasteiger partial charge in [0.1, 0.15) is 17.9 Å². The summed E-state index contributed by atoms with van der Waals surface area (Å²) in [6.45, 7) is 0.860. The summed E-state index contributed by atoms with van der Waals surface area (Å²) in [5.41, 5.74) is 1.35. The minimum atomic E-state index is -4.17. The Balaban J connectivity index is 1.92. The summed E-state index contributed by atoms with van der Waals surface area (Å²) in [4.78, 5) is 1.36. The fraction of sp³-hybridized carbons (Fsp3) is 0.562. The van der Waals surface area contributed by atoms with Crippen LogP contribution in [-0.4, -0.2) is 43.9 Å². The number of methoxy groups -OCH3 is 1. The lowest BCUT2D eigenvalue weighted by molar-refractivity contribution is -0.188. The fourth-order valence-electron chi connectivity index (χ4n) is 2.94. The van der Waals surface area contributed by atoms with Crippen molar-refractivity contribution in [2.45, 2.75) is 37.6 Å². The topological polar surface area (TPSA) is 48.3 Å². The van der Waals surface area contributed by atoms with E-state index < -0.39 is 12.2 Å². The van der Waals surface area contributed by atoms with Crippen molar-refractivity contribution in [3.8, 4) is 11.8 Å². The molecule has 0 radical (unpaired) electrons. The lowest BCUT2D eigenvalue weighted by Gasteiger charge is -2.38. The zero-order valence-electron chi connectivity index (χ0n) is 13.2. The van der Waals surface area contributed by atoms with Gasteiger partial charge in [0.15, 0.2) is 0 Å². The number of likely N-dealkylation sites (tertiary alicyclic amines) is 1. The molecule has 1 aromatic carbocycles. The summed E-state index contributed by atoms with van der Waals surface area (Å²) in [6.07, 6.45) is -3.59. The number of alkyl halides is 3. The van der Waals surface area contributed by atoms with Gasteiger partial charge in [0, 0.05) is 19.1 Å². The third-order valence-corrected chi connectivity index (χ3v) is 4.19.